The Morgan fingerprint density at radius 1 is 1.10 bits per heavy atom. The fourth-order valence-corrected chi connectivity index (χ4v) is 8.87. The van der Waals surface area contributed by atoms with E-state index in [1.165, 1.54) is 0 Å². The molecule has 0 radical (unpaired) electrons. The molecule has 0 amide bonds. The Bertz CT molecular complexity index is 748. The highest BCUT2D eigenvalue weighted by Gasteiger charge is 2.44. The van der Waals surface area contributed by atoms with E-state index in [0.717, 1.165) is 26.6 Å². The summed E-state index contributed by atoms with van der Waals surface area (Å²) in [5.41, 5.74) is 0.736. The molecule has 0 fully saturated rings. The number of hydrogen-bond donors (Lipinski definition) is 0. The normalized spacial score (nSPS) is 20.5. The van der Waals surface area contributed by atoms with E-state index in [9.17, 15) is 4.57 Å². The molecule has 1 heterocycles. The van der Waals surface area contributed by atoms with Gasteiger partial charge in [0.1, 0.15) is 11.2 Å². The molecule has 0 aromatic heterocycles. The third-order valence-electron chi connectivity index (χ3n) is 4.38. The minimum Gasteiger partial charge on any atom is -0.497 e. The summed E-state index contributed by atoms with van der Waals surface area (Å²) < 4.78 is 38.2. The van der Waals surface area contributed by atoms with E-state index in [-0.39, 0.29) is 17.0 Å². The Morgan fingerprint density at radius 3 is 2.17 bits per heavy atom. The summed E-state index contributed by atoms with van der Waals surface area (Å²) in [6.45, 7) is 12.6. The average molecular weight is 475 g/mol. The van der Waals surface area contributed by atoms with E-state index in [2.05, 4.69) is 27.7 Å². The van der Waals surface area contributed by atoms with Gasteiger partial charge in [0.15, 0.2) is 0 Å². The van der Waals surface area contributed by atoms with E-state index < -0.39 is 7.60 Å². The first-order chi connectivity index (χ1) is 14.2. The number of rotatable bonds is 10. The lowest BCUT2D eigenvalue weighted by Crippen LogP contribution is -2.29. The van der Waals surface area contributed by atoms with Crippen molar-refractivity contribution in [2.24, 2.45) is 0 Å². The molecule has 0 N–H and O–H groups in total. The van der Waals surface area contributed by atoms with Crippen LogP contribution in [0.5, 0.6) is 5.75 Å². The minimum atomic E-state index is -3.45. The summed E-state index contributed by atoms with van der Waals surface area (Å²) in [7, 11) is -1.80. The monoisotopic (exact) mass is 474 g/mol. The largest absolute Gasteiger partial charge is 0.497 e. The van der Waals surface area contributed by atoms with Crippen LogP contribution in [0.4, 0.5) is 0 Å². The zero-order chi connectivity index (χ0) is 22.4. The fourth-order valence-electron chi connectivity index (χ4n) is 3.33. The molecule has 5 nitrogen and oxygen atoms in total. The number of methoxy groups -OCH3 is 1. The van der Waals surface area contributed by atoms with Crippen LogP contribution in [0.1, 0.15) is 59.4 Å². The van der Waals surface area contributed by atoms with Gasteiger partial charge in [-0.05, 0) is 64.5 Å². The van der Waals surface area contributed by atoms with E-state index in [1.54, 1.807) is 30.6 Å². The summed E-state index contributed by atoms with van der Waals surface area (Å²) in [6, 6.07) is 7.94. The predicted octanol–water partition coefficient (Wildman–Crippen LogP) is 7.25. The van der Waals surface area contributed by atoms with Crippen molar-refractivity contribution in [3.8, 4) is 5.75 Å². The van der Waals surface area contributed by atoms with Crippen LogP contribution in [-0.4, -0.2) is 37.1 Å². The predicted molar refractivity (Wildman–Crippen MR) is 129 cm³/mol. The highest BCUT2D eigenvalue weighted by molar-refractivity contribution is 8.22. The SMILES string of the molecule is CCOP(=O)(OCC)C1=C(SCC)S[C@@H](OC(C)(C)C)C[C@H]1c1ccc(OC)cc1. The van der Waals surface area contributed by atoms with E-state index in [0.29, 0.717) is 19.6 Å². The number of hydrogen-bond acceptors (Lipinski definition) is 7. The van der Waals surface area contributed by atoms with Crippen molar-refractivity contribution in [2.45, 2.75) is 64.9 Å². The average Bonchev–Trinajstić information content (AvgIpc) is 2.67. The van der Waals surface area contributed by atoms with E-state index >= 15 is 0 Å². The molecule has 1 aromatic rings. The highest BCUT2D eigenvalue weighted by Crippen LogP contribution is 2.67. The Balaban J connectivity index is 2.61. The van der Waals surface area contributed by atoms with Crippen LogP contribution in [-0.2, 0) is 18.3 Å². The van der Waals surface area contributed by atoms with Gasteiger partial charge in [0.2, 0.25) is 0 Å². The van der Waals surface area contributed by atoms with Crippen molar-refractivity contribution in [3.63, 3.8) is 0 Å². The van der Waals surface area contributed by atoms with Crippen molar-refractivity contribution < 1.29 is 23.1 Å². The zero-order valence-corrected chi connectivity index (χ0v) is 21.6. The molecule has 0 saturated carbocycles. The number of benzene rings is 1. The van der Waals surface area contributed by atoms with Crippen molar-refractivity contribution in [1.29, 1.82) is 0 Å². The van der Waals surface area contributed by atoms with Crippen LogP contribution in [0.3, 0.4) is 0 Å². The van der Waals surface area contributed by atoms with Gasteiger partial charge in [0.05, 0.1) is 35.5 Å². The molecule has 1 aromatic carbocycles. The molecule has 0 unspecified atom stereocenters. The Hall–Kier alpha value is -0.430. The minimum absolute atomic E-state index is 0.0494. The summed E-state index contributed by atoms with van der Waals surface area (Å²) in [4.78, 5) is 0. The van der Waals surface area contributed by atoms with Gasteiger partial charge in [-0.1, -0.05) is 30.8 Å². The van der Waals surface area contributed by atoms with Crippen molar-refractivity contribution in [3.05, 3.63) is 39.4 Å². The second-order valence-electron chi connectivity index (χ2n) is 7.78. The van der Waals surface area contributed by atoms with Crippen LogP contribution < -0.4 is 4.74 Å². The second-order valence-corrected chi connectivity index (χ2v) is 12.5. The van der Waals surface area contributed by atoms with Crippen molar-refractivity contribution in [2.75, 3.05) is 26.1 Å². The van der Waals surface area contributed by atoms with Crippen LogP contribution >= 0.6 is 31.1 Å². The summed E-state index contributed by atoms with van der Waals surface area (Å²) in [5.74, 6) is 1.53. The topological polar surface area (TPSA) is 54.0 Å². The van der Waals surface area contributed by atoms with Crippen LogP contribution in [0.2, 0.25) is 0 Å². The number of thioether (sulfide) groups is 2. The van der Waals surface area contributed by atoms with Gasteiger partial charge in [-0.25, -0.2) is 0 Å². The lowest BCUT2D eigenvalue weighted by molar-refractivity contribution is -0.0233. The Kier molecular flexibility index (Phi) is 9.85. The van der Waals surface area contributed by atoms with E-state index in [1.807, 2.05) is 38.1 Å². The summed E-state index contributed by atoms with van der Waals surface area (Å²) in [5, 5.41) is 0.766. The molecule has 0 aliphatic carbocycles. The maximum atomic E-state index is 14.0. The van der Waals surface area contributed by atoms with E-state index in [4.69, 9.17) is 18.5 Å². The first-order valence-electron chi connectivity index (χ1n) is 10.4. The van der Waals surface area contributed by atoms with Gasteiger partial charge < -0.3 is 18.5 Å². The second kappa shape index (κ2) is 11.4. The quantitative estimate of drug-likeness (QED) is 0.331. The molecule has 2 rings (SSSR count). The molecular weight excluding hydrogens is 439 g/mol. The maximum Gasteiger partial charge on any atom is 0.359 e. The maximum absolute atomic E-state index is 14.0. The smallest absolute Gasteiger partial charge is 0.359 e. The molecule has 8 heteroatoms. The molecule has 1 aliphatic heterocycles. The van der Waals surface area contributed by atoms with Gasteiger partial charge in [0.25, 0.3) is 0 Å². The van der Waals surface area contributed by atoms with Gasteiger partial charge >= 0.3 is 7.60 Å². The number of ether oxygens (including phenoxy) is 2. The van der Waals surface area contributed by atoms with Gasteiger partial charge in [-0.2, -0.15) is 0 Å². The lowest BCUT2D eigenvalue weighted by Gasteiger charge is -2.38. The number of allylic oxidation sites excluding steroid dienone is 1. The van der Waals surface area contributed by atoms with Crippen molar-refractivity contribution in [1.82, 2.24) is 0 Å². The molecule has 2 atom stereocenters. The fraction of sp³-hybridized carbons (Fsp3) is 0.636. The molecule has 0 spiro atoms. The molecule has 170 valence electrons. The third-order valence-corrected chi connectivity index (χ3v) is 9.40. The van der Waals surface area contributed by atoms with Crippen molar-refractivity contribution >= 4 is 31.1 Å². The van der Waals surface area contributed by atoms with Gasteiger partial charge in [-0.3, -0.25) is 4.57 Å². The first-order valence-corrected chi connectivity index (χ1v) is 13.8. The summed E-state index contributed by atoms with van der Waals surface area (Å²) in [6.07, 6.45) is 0.696. The van der Waals surface area contributed by atoms with Crippen LogP contribution in [0.25, 0.3) is 0 Å². The highest BCUT2D eigenvalue weighted by atomic mass is 32.2. The summed E-state index contributed by atoms with van der Waals surface area (Å²) >= 11 is 3.32. The third kappa shape index (κ3) is 6.78. The van der Waals surface area contributed by atoms with Crippen LogP contribution in [0, 0.1) is 0 Å². The van der Waals surface area contributed by atoms with Gasteiger partial charge in [0, 0.05) is 5.92 Å². The van der Waals surface area contributed by atoms with Gasteiger partial charge in [-0.15, -0.1) is 11.8 Å². The Labute approximate surface area is 190 Å². The van der Waals surface area contributed by atoms with Crippen LogP contribution in [0.15, 0.2) is 33.8 Å². The molecular formula is C22H35O5PS2. The molecule has 1 aliphatic rings. The zero-order valence-electron chi connectivity index (χ0n) is 19.1. The first kappa shape index (κ1) is 25.8. The standard InChI is InChI=1S/C22H35O5PS2/c1-8-25-28(23,26-9-2)20-18(16-11-13-17(24-7)14-12-16)15-19(27-22(4,5)6)30-21(20)29-10-3/h11-14,18-19H,8-10,15H2,1-7H3/t18-,19+/m0/s1. The lowest BCUT2D eigenvalue weighted by atomic mass is 9.95. The molecule has 30 heavy (non-hydrogen) atoms. The molecule has 0 bridgehead atoms. The molecule has 0 saturated heterocycles. The Morgan fingerprint density at radius 2 is 1.70 bits per heavy atom.